The highest BCUT2D eigenvalue weighted by Gasteiger charge is 2.49. The summed E-state index contributed by atoms with van der Waals surface area (Å²) in [4.78, 5) is 33.3. The Morgan fingerprint density at radius 3 is 2.47 bits per heavy atom. The van der Waals surface area contributed by atoms with Crippen LogP contribution in [0.3, 0.4) is 0 Å². The number of hydrogen-bond donors (Lipinski definition) is 0. The fourth-order valence-electron chi connectivity index (χ4n) is 5.46. The molecular formula is C22H22BrF3N4O2. The first-order chi connectivity index (χ1) is 15.2. The number of halogens is 4. The zero-order valence-corrected chi connectivity index (χ0v) is 18.8. The molecule has 3 saturated carbocycles. The molecule has 4 aliphatic rings. The van der Waals surface area contributed by atoms with Gasteiger partial charge < -0.3 is 9.80 Å². The molecule has 1 aliphatic heterocycles. The van der Waals surface area contributed by atoms with Crippen LogP contribution in [0.4, 0.5) is 13.2 Å². The molecule has 2 atom stereocenters. The Bertz CT molecular complexity index is 1130. The minimum Gasteiger partial charge on any atom is -0.336 e. The average molecular weight is 511 g/mol. The van der Waals surface area contributed by atoms with Crippen LogP contribution in [0.1, 0.15) is 59.6 Å². The number of rotatable bonds is 3. The maximum Gasteiger partial charge on any atom is 0.419 e. The quantitative estimate of drug-likeness (QED) is 0.625. The molecule has 4 fully saturated rings. The Kier molecular flexibility index (Phi) is 4.45. The van der Waals surface area contributed by atoms with E-state index in [1.165, 1.54) is 15.7 Å². The number of carbonyl (C=O) groups excluding carboxylic acids is 2. The molecule has 0 unspecified atom stereocenters. The van der Waals surface area contributed by atoms with Crippen molar-refractivity contribution in [2.75, 3.05) is 19.6 Å². The van der Waals surface area contributed by atoms with E-state index in [1.54, 1.807) is 6.20 Å². The van der Waals surface area contributed by atoms with E-state index in [0.29, 0.717) is 18.7 Å². The normalized spacial score (nSPS) is 26.2. The van der Waals surface area contributed by atoms with Gasteiger partial charge in [0, 0.05) is 25.3 Å². The molecule has 32 heavy (non-hydrogen) atoms. The summed E-state index contributed by atoms with van der Waals surface area (Å²) >= 11 is 3.31. The first-order valence-corrected chi connectivity index (χ1v) is 11.9. The van der Waals surface area contributed by atoms with Crippen molar-refractivity contribution in [1.29, 1.82) is 0 Å². The number of imidazole rings is 1. The first kappa shape index (κ1) is 20.5. The van der Waals surface area contributed by atoms with Gasteiger partial charge in [-0.2, -0.15) is 13.2 Å². The molecule has 1 saturated heterocycles. The van der Waals surface area contributed by atoms with Crippen LogP contribution < -0.4 is 0 Å². The lowest BCUT2D eigenvalue weighted by atomic mass is 10.1. The summed E-state index contributed by atoms with van der Waals surface area (Å²) in [5, 5.41) is 0. The van der Waals surface area contributed by atoms with Gasteiger partial charge in [-0.1, -0.05) is 0 Å². The van der Waals surface area contributed by atoms with Crippen molar-refractivity contribution in [3.05, 3.63) is 33.7 Å². The van der Waals surface area contributed by atoms with Gasteiger partial charge in [0.2, 0.25) is 5.91 Å². The van der Waals surface area contributed by atoms with Crippen molar-refractivity contribution in [3.8, 4) is 0 Å². The lowest BCUT2D eigenvalue weighted by molar-refractivity contribution is -0.138. The lowest BCUT2D eigenvalue weighted by Crippen LogP contribution is -2.55. The van der Waals surface area contributed by atoms with Gasteiger partial charge in [-0.25, -0.2) is 4.98 Å². The van der Waals surface area contributed by atoms with Crippen molar-refractivity contribution in [2.45, 2.75) is 50.2 Å². The predicted octanol–water partition coefficient (Wildman–Crippen LogP) is 4.08. The number of piperazine rings is 1. The number of pyridine rings is 1. The maximum absolute atomic E-state index is 13.7. The average Bonchev–Trinajstić information content (AvgIpc) is 3.66. The highest BCUT2D eigenvalue weighted by atomic mass is 79.9. The Hall–Kier alpha value is -2.10. The second kappa shape index (κ2) is 6.95. The molecule has 2 amide bonds. The number of carbonyl (C=O) groups is 2. The molecule has 0 spiro atoms. The van der Waals surface area contributed by atoms with E-state index in [2.05, 4.69) is 20.9 Å². The Balaban J connectivity index is 1.28. The molecule has 2 aromatic heterocycles. The van der Waals surface area contributed by atoms with E-state index < -0.39 is 17.6 Å². The SMILES string of the molecule is O=C(c1nc2c(C(F)(F)F)cc(C3CC3)cn2c1Br)N1CCN(C2C[C@H]3C[C@@H]3C2)C(=O)C1. The fraction of sp³-hybridized carbons (Fsp3) is 0.591. The summed E-state index contributed by atoms with van der Waals surface area (Å²) in [6.07, 6.45) is 2.13. The smallest absolute Gasteiger partial charge is 0.336 e. The number of amides is 2. The molecule has 3 aliphatic carbocycles. The topological polar surface area (TPSA) is 57.9 Å². The van der Waals surface area contributed by atoms with Crippen molar-refractivity contribution in [1.82, 2.24) is 19.2 Å². The number of alkyl halides is 3. The molecular weight excluding hydrogens is 489 g/mol. The zero-order chi connectivity index (χ0) is 22.4. The second-order valence-corrected chi connectivity index (χ2v) is 10.4. The molecule has 10 heteroatoms. The first-order valence-electron chi connectivity index (χ1n) is 11.1. The molecule has 6 rings (SSSR count). The predicted molar refractivity (Wildman–Crippen MR) is 112 cm³/mol. The molecule has 170 valence electrons. The Morgan fingerprint density at radius 1 is 1.12 bits per heavy atom. The summed E-state index contributed by atoms with van der Waals surface area (Å²) in [5.41, 5.74) is -0.637. The summed E-state index contributed by atoms with van der Waals surface area (Å²) < 4.78 is 42.7. The van der Waals surface area contributed by atoms with Gasteiger partial charge in [-0.15, -0.1) is 0 Å². The minimum absolute atomic E-state index is 0.0650. The van der Waals surface area contributed by atoms with Crippen molar-refractivity contribution in [3.63, 3.8) is 0 Å². The third-order valence-electron chi connectivity index (χ3n) is 7.44. The third kappa shape index (κ3) is 3.33. The van der Waals surface area contributed by atoms with Crippen LogP contribution >= 0.6 is 15.9 Å². The number of nitrogens with zero attached hydrogens (tertiary/aromatic N) is 4. The monoisotopic (exact) mass is 510 g/mol. The van der Waals surface area contributed by atoms with Crippen molar-refractivity contribution >= 4 is 33.4 Å². The van der Waals surface area contributed by atoms with E-state index >= 15 is 0 Å². The Morgan fingerprint density at radius 2 is 1.84 bits per heavy atom. The fourth-order valence-corrected chi connectivity index (χ4v) is 5.98. The van der Waals surface area contributed by atoms with Gasteiger partial charge in [-0.3, -0.25) is 14.0 Å². The molecule has 0 N–H and O–H groups in total. The van der Waals surface area contributed by atoms with Crippen LogP contribution in [0.5, 0.6) is 0 Å². The van der Waals surface area contributed by atoms with Crippen LogP contribution in [0.15, 0.2) is 16.9 Å². The molecule has 6 nitrogen and oxygen atoms in total. The van der Waals surface area contributed by atoms with Crippen molar-refractivity contribution < 1.29 is 22.8 Å². The molecule has 0 bridgehead atoms. The standard InChI is InChI=1S/C22H22BrF3N4O2/c23-19-18(27-20-16(22(24,25)26)8-14(9-30(19)20)11-1-2-11)21(32)28-3-4-29(17(31)10-28)15-6-12-5-13(12)7-15/h8-9,11-13,15H,1-7,10H2/t12-,13-/m1/s1. The van der Waals surface area contributed by atoms with Crippen LogP contribution in [-0.4, -0.2) is 56.7 Å². The minimum atomic E-state index is -4.58. The lowest BCUT2D eigenvalue weighted by Gasteiger charge is -2.38. The maximum atomic E-state index is 13.7. The van der Waals surface area contributed by atoms with Crippen molar-refractivity contribution in [2.24, 2.45) is 11.8 Å². The summed E-state index contributed by atoms with van der Waals surface area (Å²) in [6.45, 7) is 0.750. The molecule has 0 aromatic carbocycles. The highest BCUT2D eigenvalue weighted by Crippen LogP contribution is 2.53. The van der Waals surface area contributed by atoms with E-state index in [4.69, 9.17) is 0 Å². The van der Waals surface area contributed by atoms with Gasteiger partial charge in [0.05, 0.1) is 5.56 Å². The molecule has 2 aromatic rings. The van der Waals surface area contributed by atoms with Crippen LogP contribution in [0.25, 0.3) is 5.65 Å². The summed E-state index contributed by atoms with van der Waals surface area (Å²) in [6, 6.07) is 1.41. The van der Waals surface area contributed by atoms with Gasteiger partial charge in [0.25, 0.3) is 5.91 Å². The third-order valence-corrected chi connectivity index (χ3v) is 8.20. The zero-order valence-electron chi connectivity index (χ0n) is 17.2. The molecule has 0 radical (unpaired) electrons. The van der Waals surface area contributed by atoms with Crippen LogP contribution in [0.2, 0.25) is 0 Å². The van der Waals surface area contributed by atoms with E-state index in [9.17, 15) is 22.8 Å². The van der Waals surface area contributed by atoms with Gasteiger partial charge in [0.1, 0.15) is 11.1 Å². The molecule has 3 heterocycles. The highest BCUT2D eigenvalue weighted by molar-refractivity contribution is 9.10. The summed E-state index contributed by atoms with van der Waals surface area (Å²) in [7, 11) is 0. The second-order valence-electron chi connectivity index (χ2n) is 9.60. The number of hydrogen-bond acceptors (Lipinski definition) is 3. The van der Waals surface area contributed by atoms with Gasteiger partial charge in [0.15, 0.2) is 11.3 Å². The van der Waals surface area contributed by atoms with E-state index in [1.807, 2.05) is 4.90 Å². The van der Waals surface area contributed by atoms with E-state index in [-0.39, 0.29) is 40.4 Å². The van der Waals surface area contributed by atoms with Crippen LogP contribution in [-0.2, 0) is 11.0 Å². The number of aromatic nitrogens is 2. The van der Waals surface area contributed by atoms with Crippen LogP contribution in [0, 0.1) is 11.8 Å². The Labute approximate surface area is 190 Å². The number of fused-ring (bicyclic) bond motifs is 2. The van der Waals surface area contributed by atoms with Gasteiger partial charge in [-0.05, 0) is 77.4 Å². The van der Waals surface area contributed by atoms with Gasteiger partial charge >= 0.3 is 6.18 Å². The summed E-state index contributed by atoms with van der Waals surface area (Å²) in [5.74, 6) is 1.00. The largest absolute Gasteiger partial charge is 0.419 e. The van der Waals surface area contributed by atoms with E-state index in [0.717, 1.165) is 43.6 Å².